The highest BCUT2D eigenvalue weighted by Crippen LogP contribution is 2.25. The van der Waals surface area contributed by atoms with E-state index in [1.54, 1.807) is 31.4 Å². The minimum atomic E-state index is -0.426. The third kappa shape index (κ3) is 6.38. The maximum atomic E-state index is 13.4. The molecule has 1 fully saturated rings. The summed E-state index contributed by atoms with van der Waals surface area (Å²) >= 11 is 0. The van der Waals surface area contributed by atoms with Crippen molar-refractivity contribution in [3.63, 3.8) is 0 Å². The van der Waals surface area contributed by atoms with Crippen molar-refractivity contribution < 1.29 is 14.5 Å². The van der Waals surface area contributed by atoms with Crippen molar-refractivity contribution in [1.29, 1.82) is 0 Å². The predicted molar refractivity (Wildman–Crippen MR) is 136 cm³/mol. The molecule has 0 spiro atoms. The van der Waals surface area contributed by atoms with Crippen LogP contribution in [0.4, 0.5) is 5.69 Å². The van der Waals surface area contributed by atoms with Crippen molar-refractivity contribution in [3.8, 4) is 5.75 Å². The van der Waals surface area contributed by atoms with Gasteiger partial charge < -0.3 is 14.2 Å². The highest BCUT2D eigenvalue weighted by molar-refractivity contribution is 5.92. The van der Waals surface area contributed by atoms with Crippen LogP contribution < -0.4 is 4.74 Å². The van der Waals surface area contributed by atoms with Crippen molar-refractivity contribution in [1.82, 2.24) is 9.47 Å². The number of methoxy groups -OCH3 is 1. The van der Waals surface area contributed by atoms with E-state index >= 15 is 0 Å². The van der Waals surface area contributed by atoms with Crippen LogP contribution in [-0.2, 0) is 17.9 Å². The Balaban J connectivity index is 1.52. The molecule has 0 aliphatic heterocycles. The van der Waals surface area contributed by atoms with Gasteiger partial charge in [0.1, 0.15) is 5.75 Å². The van der Waals surface area contributed by atoms with Crippen LogP contribution >= 0.6 is 0 Å². The zero-order valence-electron chi connectivity index (χ0n) is 20.0. The molecule has 1 amide bonds. The van der Waals surface area contributed by atoms with Gasteiger partial charge in [-0.15, -0.1) is 0 Å². The summed E-state index contributed by atoms with van der Waals surface area (Å²) in [5, 5.41) is 10.9. The van der Waals surface area contributed by atoms with Gasteiger partial charge in [0.15, 0.2) is 0 Å². The molecule has 2 aromatic carbocycles. The number of hydrogen-bond acceptors (Lipinski definition) is 4. The number of nitro benzene ring substituents is 1. The molecule has 0 N–H and O–H groups in total. The molecular formula is C28H31N3O4. The third-order valence-electron chi connectivity index (χ3n) is 6.56. The lowest BCUT2D eigenvalue weighted by atomic mass is 9.94. The number of benzene rings is 2. The highest BCUT2D eigenvalue weighted by Gasteiger charge is 2.25. The van der Waals surface area contributed by atoms with Gasteiger partial charge in [-0.05, 0) is 66.4 Å². The number of carbonyl (C=O) groups excluding carboxylic acids is 1. The zero-order chi connectivity index (χ0) is 24.6. The number of aromatic nitrogens is 1. The molecule has 1 heterocycles. The van der Waals surface area contributed by atoms with E-state index in [0.717, 1.165) is 48.3 Å². The minimum absolute atomic E-state index is 0.0362. The molecule has 1 saturated carbocycles. The molecule has 1 aliphatic carbocycles. The normalized spacial score (nSPS) is 14.2. The number of ether oxygens (including phenoxy) is 1. The maximum Gasteiger partial charge on any atom is 0.269 e. The van der Waals surface area contributed by atoms with Gasteiger partial charge in [-0.3, -0.25) is 14.9 Å². The second kappa shape index (κ2) is 11.5. The van der Waals surface area contributed by atoms with Gasteiger partial charge >= 0.3 is 0 Å². The van der Waals surface area contributed by atoms with Crippen LogP contribution in [0.1, 0.15) is 48.9 Å². The van der Waals surface area contributed by atoms with Gasteiger partial charge in [-0.2, -0.15) is 0 Å². The van der Waals surface area contributed by atoms with Crippen LogP contribution in [0.3, 0.4) is 0 Å². The van der Waals surface area contributed by atoms with Crippen molar-refractivity contribution in [2.24, 2.45) is 0 Å². The summed E-state index contributed by atoms with van der Waals surface area (Å²) < 4.78 is 7.54. The number of carbonyl (C=O) groups is 1. The molecule has 3 aromatic rings. The molecule has 1 aliphatic rings. The fraction of sp³-hybridized carbons (Fsp3) is 0.321. The van der Waals surface area contributed by atoms with Gasteiger partial charge in [0.2, 0.25) is 5.91 Å². The van der Waals surface area contributed by atoms with E-state index in [1.165, 1.54) is 18.6 Å². The SMILES string of the molecule is COc1cccc(Cn2cccc2CN(C(=O)/C=C/c2ccc([N+](=O)[O-])cc2)C2CCCCC2)c1. The largest absolute Gasteiger partial charge is 0.497 e. The van der Waals surface area contributed by atoms with E-state index in [1.807, 2.05) is 35.4 Å². The van der Waals surface area contributed by atoms with Gasteiger partial charge in [-0.1, -0.05) is 31.4 Å². The van der Waals surface area contributed by atoms with Crippen LogP contribution in [0.15, 0.2) is 72.9 Å². The zero-order valence-corrected chi connectivity index (χ0v) is 20.0. The van der Waals surface area contributed by atoms with Crippen LogP contribution in [0.25, 0.3) is 6.08 Å². The Morgan fingerprint density at radius 3 is 2.60 bits per heavy atom. The number of nitrogens with zero attached hydrogens (tertiary/aromatic N) is 3. The lowest BCUT2D eigenvalue weighted by Gasteiger charge is -2.34. The Hall–Kier alpha value is -3.87. The molecule has 1 aromatic heterocycles. The average Bonchev–Trinajstić information content (AvgIpc) is 3.33. The molecule has 182 valence electrons. The standard InChI is InChI=1S/C28H31N3O4/c1-35-27-11-5-7-23(19-27)20-29-18-6-10-26(29)21-30(24-8-3-2-4-9-24)28(32)17-14-22-12-15-25(16-13-22)31(33)34/h5-7,10-19,24H,2-4,8-9,20-21H2,1H3/b17-14+. The first-order valence-electron chi connectivity index (χ1n) is 12.0. The van der Waals surface area contributed by atoms with Crippen molar-refractivity contribution in [3.05, 3.63) is 99.9 Å². The molecule has 0 atom stereocenters. The van der Waals surface area contributed by atoms with E-state index in [2.05, 4.69) is 16.7 Å². The summed E-state index contributed by atoms with van der Waals surface area (Å²) in [4.78, 5) is 25.8. The molecule has 7 heteroatoms. The van der Waals surface area contributed by atoms with Gasteiger partial charge in [0.25, 0.3) is 5.69 Å². The Kier molecular flexibility index (Phi) is 7.98. The molecular weight excluding hydrogens is 442 g/mol. The van der Waals surface area contributed by atoms with Crippen molar-refractivity contribution >= 4 is 17.7 Å². The molecule has 0 unspecified atom stereocenters. The van der Waals surface area contributed by atoms with E-state index in [4.69, 9.17) is 4.74 Å². The number of amides is 1. The van der Waals surface area contributed by atoms with Crippen LogP contribution in [0.5, 0.6) is 5.75 Å². The molecule has 0 bridgehead atoms. The van der Waals surface area contributed by atoms with Crippen LogP contribution in [0, 0.1) is 10.1 Å². The predicted octanol–water partition coefficient (Wildman–Crippen LogP) is 5.83. The summed E-state index contributed by atoms with van der Waals surface area (Å²) in [6.07, 6.45) is 10.9. The van der Waals surface area contributed by atoms with Gasteiger partial charge in [0, 0.05) is 42.7 Å². The lowest BCUT2D eigenvalue weighted by Crippen LogP contribution is -2.40. The Morgan fingerprint density at radius 1 is 1.11 bits per heavy atom. The van der Waals surface area contributed by atoms with E-state index in [-0.39, 0.29) is 17.6 Å². The third-order valence-corrected chi connectivity index (χ3v) is 6.56. The van der Waals surface area contributed by atoms with Gasteiger partial charge in [0.05, 0.1) is 18.6 Å². The Morgan fingerprint density at radius 2 is 1.89 bits per heavy atom. The smallest absolute Gasteiger partial charge is 0.269 e. The average molecular weight is 474 g/mol. The molecule has 4 rings (SSSR count). The Labute approximate surface area is 205 Å². The first-order valence-corrected chi connectivity index (χ1v) is 12.0. The topological polar surface area (TPSA) is 77.6 Å². The minimum Gasteiger partial charge on any atom is -0.497 e. The summed E-state index contributed by atoms with van der Waals surface area (Å²) in [5.74, 6) is 0.788. The van der Waals surface area contributed by atoms with Crippen LogP contribution in [-0.4, -0.2) is 33.4 Å². The quantitative estimate of drug-likeness (QED) is 0.223. The molecule has 7 nitrogen and oxygen atoms in total. The number of hydrogen-bond donors (Lipinski definition) is 0. The fourth-order valence-corrected chi connectivity index (χ4v) is 4.64. The second-order valence-electron chi connectivity index (χ2n) is 8.92. The highest BCUT2D eigenvalue weighted by atomic mass is 16.6. The number of non-ortho nitro benzene ring substituents is 1. The number of nitro groups is 1. The van der Waals surface area contributed by atoms with Gasteiger partial charge in [-0.25, -0.2) is 0 Å². The van der Waals surface area contributed by atoms with E-state index in [9.17, 15) is 14.9 Å². The lowest BCUT2D eigenvalue weighted by molar-refractivity contribution is -0.384. The Bertz CT molecular complexity index is 1180. The fourth-order valence-electron chi connectivity index (χ4n) is 4.64. The monoisotopic (exact) mass is 473 g/mol. The molecule has 0 saturated heterocycles. The second-order valence-corrected chi connectivity index (χ2v) is 8.92. The maximum absolute atomic E-state index is 13.4. The summed E-state index contributed by atoms with van der Waals surface area (Å²) in [6.45, 7) is 1.23. The number of rotatable bonds is 9. The summed E-state index contributed by atoms with van der Waals surface area (Å²) in [7, 11) is 1.66. The molecule has 35 heavy (non-hydrogen) atoms. The van der Waals surface area contributed by atoms with Crippen molar-refractivity contribution in [2.45, 2.75) is 51.2 Å². The first kappa shape index (κ1) is 24.3. The summed E-state index contributed by atoms with van der Waals surface area (Å²) in [6, 6.07) is 18.5. The van der Waals surface area contributed by atoms with Crippen LogP contribution in [0.2, 0.25) is 0 Å². The van der Waals surface area contributed by atoms with E-state index < -0.39 is 4.92 Å². The first-order chi connectivity index (χ1) is 17.0. The summed E-state index contributed by atoms with van der Waals surface area (Å²) in [5.41, 5.74) is 3.01. The van der Waals surface area contributed by atoms with Crippen molar-refractivity contribution in [2.75, 3.05) is 7.11 Å². The molecule has 0 radical (unpaired) electrons. The van der Waals surface area contributed by atoms with E-state index in [0.29, 0.717) is 13.1 Å².